The van der Waals surface area contributed by atoms with Crippen molar-refractivity contribution < 1.29 is 24.5 Å². The van der Waals surface area contributed by atoms with Gasteiger partial charge < -0.3 is 19.8 Å². The van der Waals surface area contributed by atoms with Crippen LogP contribution in [0.3, 0.4) is 0 Å². The molecule has 1 saturated heterocycles. The van der Waals surface area contributed by atoms with Crippen LogP contribution in [0.2, 0.25) is 0 Å². The monoisotopic (exact) mass is 621 g/mol. The van der Waals surface area contributed by atoms with Crippen LogP contribution in [-0.4, -0.2) is 50.8 Å². The summed E-state index contributed by atoms with van der Waals surface area (Å²) in [6.07, 6.45) is 13.9. The Hall–Kier alpha value is -2.08. The van der Waals surface area contributed by atoms with E-state index in [1.165, 1.54) is 44.9 Å². The van der Waals surface area contributed by atoms with Gasteiger partial charge in [0, 0.05) is 24.3 Å². The number of aromatic hydroxyl groups is 1. The number of nitrogens with zero attached hydrogens (tertiary/aromatic N) is 1. The first-order chi connectivity index (χ1) is 21.3. The third-order valence-corrected chi connectivity index (χ3v) is 14.2. The maximum absolute atomic E-state index is 13.5. The number of amides is 1. The summed E-state index contributed by atoms with van der Waals surface area (Å²) in [6.45, 7) is 14.2. The van der Waals surface area contributed by atoms with Gasteiger partial charge in [0.05, 0.1) is 6.10 Å². The number of hydrogen-bond acceptors (Lipinski definition) is 4. The van der Waals surface area contributed by atoms with Crippen LogP contribution < -0.4 is 0 Å². The zero-order valence-corrected chi connectivity index (χ0v) is 28.8. The fourth-order valence-electron chi connectivity index (χ4n) is 11.9. The Kier molecular flexibility index (Phi) is 8.89. The van der Waals surface area contributed by atoms with Crippen molar-refractivity contribution in [1.29, 1.82) is 0 Å². The van der Waals surface area contributed by atoms with Gasteiger partial charge in [-0.15, -0.1) is 0 Å². The molecule has 6 nitrogen and oxygen atoms in total. The molecule has 5 fully saturated rings. The average molecular weight is 622 g/mol. The topological polar surface area (TPSA) is 90.4 Å². The molecule has 4 saturated carbocycles. The first kappa shape index (κ1) is 32.8. The van der Waals surface area contributed by atoms with E-state index in [9.17, 15) is 19.8 Å². The van der Waals surface area contributed by atoms with Gasteiger partial charge in [0.15, 0.2) is 0 Å². The highest BCUT2D eigenvalue weighted by atomic mass is 16.6. The highest BCUT2D eigenvalue weighted by Gasteiger charge is 2.76. The number of hydrogen-bond donors (Lipinski definition) is 2. The quantitative estimate of drug-likeness (QED) is 0.243. The zero-order valence-electron chi connectivity index (χ0n) is 28.8. The van der Waals surface area contributed by atoms with Crippen LogP contribution in [0.5, 0.6) is 5.75 Å². The summed E-state index contributed by atoms with van der Waals surface area (Å²) >= 11 is 0. The Morgan fingerprint density at radius 2 is 1.73 bits per heavy atom. The highest BCUT2D eigenvalue weighted by molar-refractivity contribution is 5.84. The Morgan fingerprint density at radius 3 is 2.40 bits per heavy atom. The molecule has 4 aliphatic carbocycles. The molecule has 5 aliphatic rings. The molecule has 1 amide bonds. The first-order valence-corrected chi connectivity index (χ1v) is 18.3. The minimum absolute atomic E-state index is 0.0794. The molecule has 1 aromatic carbocycles. The summed E-state index contributed by atoms with van der Waals surface area (Å²) in [5.41, 5.74) is 1.09. The van der Waals surface area contributed by atoms with Crippen LogP contribution in [0.15, 0.2) is 24.3 Å². The summed E-state index contributed by atoms with van der Waals surface area (Å²) in [4.78, 5) is 28.0. The highest BCUT2D eigenvalue weighted by Crippen LogP contribution is 2.74. The van der Waals surface area contributed by atoms with E-state index >= 15 is 0 Å². The number of phenolic OH excluding ortho intramolecular Hbond substituents is 1. The Morgan fingerprint density at radius 1 is 1.00 bits per heavy atom. The summed E-state index contributed by atoms with van der Waals surface area (Å²) in [6, 6.07) is 5.61. The molecule has 0 aromatic heterocycles. The van der Waals surface area contributed by atoms with Crippen LogP contribution >= 0.6 is 0 Å². The van der Waals surface area contributed by atoms with Gasteiger partial charge in [-0.05, 0) is 110 Å². The molecular weight excluding hydrogens is 562 g/mol. The van der Waals surface area contributed by atoms with Gasteiger partial charge in [-0.1, -0.05) is 72.9 Å². The maximum Gasteiger partial charge on any atom is 0.326 e. The lowest BCUT2D eigenvalue weighted by Gasteiger charge is -2.60. The molecule has 1 spiro atoms. The van der Waals surface area contributed by atoms with E-state index in [1.807, 2.05) is 6.92 Å². The molecule has 6 heteroatoms. The van der Waals surface area contributed by atoms with Crippen LogP contribution in [0.1, 0.15) is 124 Å². The predicted molar refractivity (Wildman–Crippen MR) is 177 cm³/mol. The SMILES string of the molecule is CCC(=O)N([C@H]1CC[C@]2(C)[C@H]3CC[C@]4(C)[C@@H]([C@H](C)CCCC(C)C)CC[C@H]4[C@@H]3C[C@@H]3OC32C1)[C@@H](Cc1ccc(O)cc1)C(=O)O. The van der Waals surface area contributed by atoms with E-state index < -0.39 is 12.0 Å². The molecule has 2 N–H and O–H groups in total. The van der Waals surface area contributed by atoms with Gasteiger partial charge >= 0.3 is 5.97 Å². The fourth-order valence-corrected chi connectivity index (χ4v) is 11.9. The molecule has 250 valence electrons. The summed E-state index contributed by atoms with van der Waals surface area (Å²) < 4.78 is 6.85. The van der Waals surface area contributed by atoms with Gasteiger partial charge in [-0.3, -0.25) is 4.79 Å². The second kappa shape index (κ2) is 12.2. The van der Waals surface area contributed by atoms with Crippen molar-refractivity contribution in [3.05, 3.63) is 29.8 Å². The number of aliphatic carboxylic acids is 1. The van der Waals surface area contributed by atoms with Crippen molar-refractivity contribution in [2.24, 2.45) is 46.3 Å². The molecule has 1 heterocycles. The van der Waals surface area contributed by atoms with Crippen molar-refractivity contribution in [2.45, 2.75) is 149 Å². The number of epoxide rings is 1. The molecular formula is C39H59NO5. The number of phenols is 1. The number of carboxylic acids is 1. The van der Waals surface area contributed by atoms with E-state index in [-0.39, 0.29) is 47.7 Å². The lowest BCUT2D eigenvalue weighted by atomic mass is 9.44. The average Bonchev–Trinajstić information content (AvgIpc) is 3.58. The van der Waals surface area contributed by atoms with Crippen LogP contribution in [0, 0.1) is 46.3 Å². The molecule has 11 atom stereocenters. The van der Waals surface area contributed by atoms with E-state index in [0.29, 0.717) is 17.3 Å². The predicted octanol–water partition coefficient (Wildman–Crippen LogP) is 8.25. The summed E-state index contributed by atoms with van der Waals surface area (Å²) in [5.74, 6) is 3.66. The molecule has 1 aliphatic heterocycles. The smallest absolute Gasteiger partial charge is 0.326 e. The standard InChI is InChI=1S/C39H59NO5/c1-7-35(42)40(33(36(43)44)21-26-11-13-28(41)14-12-26)27-17-20-38(6)32-18-19-37(5)30(25(4)10-8-9-24(2)3)15-16-31(37)29(32)22-34-39(38,23-27)45-34/h11-14,24-25,27,29-34,41H,7-10,15-23H2,1-6H3,(H,43,44)/t25-,27+,29+,30-,31+,32+,33+,34+,37-,38-,39?/m1/s1. The molecule has 1 aromatic rings. The molecule has 1 unspecified atom stereocenters. The van der Waals surface area contributed by atoms with Crippen molar-refractivity contribution >= 4 is 11.9 Å². The number of benzene rings is 1. The Labute approximate surface area is 271 Å². The summed E-state index contributed by atoms with van der Waals surface area (Å²) in [5, 5.41) is 20.2. The van der Waals surface area contributed by atoms with Crippen LogP contribution in [-0.2, 0) is 20.7 Å². The molecule has 0 bridgehead atoms. The molecule has 0 radical (unpaired) electrons. The van der Waals surface area contributed by atoms with E-state index in [1.54, 1.807) is 29.2 Å². The minimum atomic E-state index is -0.964. The second-order valence-corrected chi connectivity index (χ2v) is 16.8. The van der Waals surface area contributed by atoms with Crippen molar-refractivity contribution in [3.8, 4) is 5.75 Å². The van der Waals surface area contributed by atoms with E-state index in [4.69, 9.17) is 4.74 Å². The normalized spacial score (nSPS) is 39.6. The third kappa shape index (κ3) is 5.53. The van der Waals surface area contributed by atoms with Crippen molar-refractivity contribution in [3.63, 3.8) is 0 Å². The number of carboxylic acid groups (broad SMARTS) is 1. The lowest BCUT2D eigenvalue weighted by molar-refractivity contribution is -0.157. The van der Waals surface area contributed by atoms with Gasteiger partial charge in [0.1, 0.15) is 17.4 Å². The zero-order chi connectivity index (χ0) is 32.3. The maximum atomic E-state index is 13.5. The minimum Gasteiger partial charge on any atom is -0.508 e. The Balaban J connectivity index is 1.19. The van der Waals surface area contributed by atoms with Crippen molar-refractivity contribution in [1.82, 2.24) is 4.90 Å². The van der Waals surface area contributed by atoms with Gasteiger partial charge in [-0.2, -0.15) is 0 Å². The number of carbonyl (C=O) groups excluding carboxylic acids is 1. The second-order valence-electron chi connectivity index (χ2n) is 16.8. The van der Waals surface area contributed by atoms with Crippen LogP contribution in [0.25, 0.3) is 0 Å². The third-order valence-electron chi connectivity index (χ3n) is 14.2. The largest absolute Gasteiger partial charge is 0.508 e. The van der Waals surface area contributed by atoms with Gasteiger partial charge in [0.2, 0.25) is 5.91 Å². The molecule has 6 rings (SSSR count). The Bertz CT molecular complexity index is 1250. The van der Waals surface area contributed by atoms with Gasteiger partial charge in [0.25, 0.3) is 0 Å². The number of fused-ring (bicyclic) bond motifs is 4. The van der Waals surface area contributed by atoms with E-state index in [2.05, 4.69) is 34.6 Å². The number of carbonyl (C=O) groups is 2. The number of rotatable bonds is 11. The first-order valence-electron chi connectivity index (χ1n) is 18.3. The lowest BCUT2D eigenvalue weighted by Crippen LogP contribution is -2.62. The van der Waals surface area contributed by atoms with Crippen molar-refractivity contribution in [2.75, 3.05) is 0 Å². The van der Waals surface area contributed by atoms with E-state index in [0.717, 1.165) is 54.9 Å². The number of ether oxygens (including phenoxy) is 1. The summed E-state index contributed by atoms with van der Waals surface area (Å²) in [7, 11) is 0. The van der Waals surface area contributed by atoms with Crippen LogP contribution in [0.4, 0.5) is 0 Å². The molecule has 45 heavy (non-hydrogen) atoms. The fraction of sp³-hybridized carbons (Fsp3) is 0.795. The van der Waals surface area contributed by atoms with Gasteiger partial charge in [-0.25, -0.2) is 4.79 Å².